The summed E-state index contributed by atoms with van der Waals surface area (Å²) < 4.78 is 0. The van der Waals surface area contributed by atoms with E-state index in [4.69, 9.17) is 0 Å². The van der Waals surface area contributed by atoms with Crippen LogP contribution < -0.4 is 5.32 Å². The monoisotopic (exact) mass is 244 g/mol. The Bertz CT molecular complexity index is 581. The summed E-state index contributed by atoms with van der Waals surface area (Å²) in [5.41, 5.74) is 1.02. The number of fused-ring (bicyclic) bond motifs is 1. The number of carboxylic acid groups (broad SMARTS) is 1. The SMILES string of the molecule is CCC(C)Nc1nc2ccccc2cc1C(=O)O. The fourth-order valence-corrected chi connectivity index (χ4v) is 1.72. The van der Waals surface area contributed by atoms with Crippen molar-refractivity contribution in [2.75, 3.05) is 5.32 Å². The van der Waals surface area contributed by atoms with Crippen molar-refractivity contribution in [1.29, 1.82) is 0 Å². The number of para-hydroxylation sites is 1. The quantitative estimate of drug-likeness (QED) is 0.867. The Kier molecular flexibility index (Phi) is 3.46. The summed E-state index contributed by atoms with van der Waals surface area (Å²) in [6.07, 6.45) is 0.910. The minimum Gasteiger partial charge on any atom is -0.478 e. The topological polar surface area (TPSA) is 62.2 Å². The average molecular weight is 244 g/mol. The molecule has 0 aliphatic carbocycles. The molecule has 0 saturated heterocycles. The molecule has 0 spiro atoms. The minimum atomic E-state index is -0.959. The number of hydrogen-bond acceptors (Lipinski definition) is 3. The normalized spacial score (nSPS) is 12.3. The van der Waals surface area contributed by atoms with E-state index in [1.807, 2.05) is 38.1 Å². The number of aromatic nitrogens is 1. The van der Waals surface area contributed by atoms with Crippen molar-refractivity contribution in [3.8, 4) is 0 Å². The Hall–Kier alpha value is -2.10. The van der Waals surface area contributed by atoms with E-state index in [2.05, 4.69) is 10.3 Å². The third-order valence-corrected chi connectivity index (χ3v) is 2.95. The van der Waals surface area contributed by atoms with Crippen LogP contribution in [0.4, 0.5) is 5.82 Å². The van der Waals surface area contributed by atoms with Crippen molar-refractivity contribution >= 4 is 22.7 Å². The summed E-state index contributed by atoms with van der Waals surface area (Å²) in [5, 5.41) is 13.2. The van der Waals surface area contributed by atoms with Crippen LogP contribution in [0.2, 0.25) is 0 Å². The van der Waals surface area contributed by atoms with Crippen molar-refractivity contribution in [1.82, 2.24) is 4.98 Å². The molecule has 4 nitrogen and oxygen atoms in total. The Labute approximate surface area is 106 Å². The maximum atomic E-state index is 11.3. The number of carboxylic acids is 1. The van der Waals surface area contributed by atoms with Crippen LogP contribution in [0.25, 0.3) is 10.9 Å². The average Bonchev–Trinajstić information content (AvgIpc) is 2.37. The number of hydrogen-bond donors (Lipinski definition) is 2. The highest BCUT2D eigenvalue weighted by atomic mass is 16.4. The Morgan fingerprint density at radius 3 is 2.83 bits per heavy atom. The van der Waals surface area contributed by atoms with Crippen molar-refractivity contribution in [3.63, 3.8) is 0 Å². The molecule has 0 aliphatic rings. The van der Waals surface area contributed by atoms with Gasteiger partial charge in [-0.05, 0) is 25.5 Å². The first-order valence-electron chi connectivity index (χ1n) is 6.01. The second-order valence-electron chi connectivity index (χ2n) is 4.34. The van der Waals surface area contributed by atoms with Crippen molar-refractivity contribution in [2.24, 2.45) is 0 Å². The Morgan fingerprint density at radius 1 is 1.44 bits per heavy atom. The maximum absolute atomic E-state index is 11.3. The fourth-order valence-electron chi connectivity index (χ4n) is 1.72. The predicted molar refractivity (Wildman–Crippen MR) is 72.1 cm³/mol. The van der Waals surface area contributed by atoms with Gasteiger partial charge in [0.1, 0.15) is 11.4 Å². The second kappa shape index (κ2) is 5.04. The van der Waals surface area contributed by atoms with E-state index in [0.29, 0.717) is 5.82 Å². The number of benzene rings is 1. The molecule has 2 aromatic rings. The lowest BCUT2D eigenvalue weighted by atomic mass is 10.1. The van der Waals surface area contributed by atoms with Gasteiger partial charge in [0, 0.05) is 11.4 Å². The molecular formula is C14H16N2O2. The third-order valence-electron chi connectivity index (χ3n) is 2.95. The molecule has 0 aliphatic heterocycles. The van der Waals surface area contributed by atoms with Crippen LogP contribution in [0.15, 0.2) is 30.3 Å². The van der Waals surface area contributed by atoms with Crippen molar-refractivity contribution < 1.29 is 9.90 Å². The van der Waals surface area contributed by atoms with Crippen LogP contribution in [-0.2, 0) is 0 Å². The van der Waals surface area contributed by atoms with Gasteiger partial charge in [-0.3, -0.25) is 0 Å². The van der Waals surface area contributed by atoms with Gasteiger partial charge in [0.2, 0.25) is 0 Å². The van der Waals surface area contributed by atoms with Crippen molar-refractivity contribution in [2.45, 2.75) is 26.3 Å². The summed E-state index contributed by atoms with van der Waals surface area (Å²) in [7, 11) is 0. The molecule has 1 unspecified atom stereocenters. The molecule has 18 heavy (non-hydrogen) atoms. The Morgan fingerprint density at radius 2 is 2.17 bits per heavy atom. The van der Waals surface area contributed by atoms with Crippen LogP contribution in [0.5, 0.6) is 0 Å². The lowest BCUT2D eigenvalue weighted by Crippen LogP contribution is -2.17. The smallest absolute Gasteiger partial charge is 0.339 e. The van der Waals surface area contributed by atoms with E-state index in [1.54, 1.807) is 6.07 Å². The number of anilines is 1. The zero-order chi connectivity index (χ0) is 13.1. The van der Waals surface area contributed by atoms with Gasteiger partial charge in [0.05, 0.1) is 5.52 Å². The molecule has 94 valence electrons. The number of pyridine rings is 1. The van der Waals surface area contributed by atoms with E-state index in [1.165, 1.54) is 0 Å². The third kappa shape index (κ3) is 2.42. The fraction of sp³-hybridized carbons (Fsp3) is 0.286. The Balaban J connectivity index is 2.54. The molecule has 2 N–H and O–H groups in total. The first-order chi connectivity index (χ1) is 8.61. The van der Waals surface area contributed by atoms with Gasteiger partial charge in [0.25, 0.3) is 0 Å². The largest absolute Gasteiger partial charge is 0.478 e. The summed E-state index contributed by atoms with van der Waals surface area (Å²) >= 11 is 0. The van der Waals surface area contributed by atoms with Crippen LogP contribution in [0.1, 0.15) is 30.6 Å². The molecule has 0 radical (unpaired) electrons. The van der Waals surface area contributed by atoms with Gasteiger partial charge in [-0.2, -0.15) is 0 Å². The zero-order valence-corrected chi connectivity index (χ0v) is 10.5. The molecule has 1 aromatic carbocycles. The van der Waals surface area contributed by atoms with E-state index < -0.39 is 5.97 Å². The number of nitrogens with zero attached hydrogens (tertiary/aromatic N) is 1. The van der Waals surface area contributed by atoms with Crippen LogP contribution in [0.3, 0.4) is 0 Å². The van der Waals surface area contributed by atoms with Crippen LogP contribution >= 0.6 is 0 Å². The molecule has 4 heteroatoms. The number of rotatable bonds is 4. The number of aromatic carboxylic acids is 1. The van der Waals surface area contributed by atoms with Crippen LogP contribution in [-0.4, -0.2) is 22.1 Å². The van der Waals surface area contributed by atoms with Crippen LogP contribution in [0, 0.1) is 0 Å². The van der Waals surface area contributed by atoms with Gasteiger partial charge >= 0.3 is 5.97 Å². The molecule has 1 atom stereocenters. The molecule has 1 heterocycles. The zero-order valence-electron chi connectivity index (χ0n) is 10.5. The number of carbonyl (C=O) groups is 1. The van der Waals surface area contributed by atoms with E-state index >= 15 is 0 Å². The lowest BCUT2D eigenvalue weighted by molar-refractivity contribution is 0.0697. The van der Waals surface area contributed by atoms with Crippen molar-refractivity contribution in [3.05, 3.63) is 35.9 Å². The van der Waals surface area contributed by atoms with Gasteiger partial charge < -0.3 is 10.4 Å². The van der Waals surface area contributed by atoms with E-state index in [0.717, 1.165) is 17.3 Å². The molecule has 2 rings (SSSR count). The highest BCUT2D eigenvalue weighted by molar-refractivity contribution is 5.98. The summed E-state index contributed by atoms with van der Waals surface area (Å²) in [5.74, 6) is -0.519. The lowest BCUT2D eigenvalue weighted by Gasteiger charge is -2.14. The first-order valence-corrected chi connectivity index (χ1v) is 6.01. The molecule has 0 amide bonds. The highest BCUT2D eigenvalue weighted by Crippen LogP contribution is 2.21. The first kappa shape index (κ1) is 12.4. The van der Waals surface area contributed by atoms with Gasteiger partial charge in [-0.15, -0.1) is 0 Å². The minimum absolute atomic E-state index is 0.191. The van der Waals surface area contributed by atoms with Gasteiger partial charge in [0.15, 0.2) is 0 Å². The van der Waals surface area contributed by atoms with E-state index in [-0.39, 0.29) is 11.6 Å². The summed E-state index contributed by atoms with van der Waals surface area (Å²) in [6, 6.07) is 9.36. The maximum Gasteiger partial charge on any atom is 0.339 e. The molecule has 0 saturated carbocycles. The van der Waals surface area contributed by atoms with E-state index in [9.17, 15) is 9.90 Å². The molecular weight excluding hydrogens is 228 g/mol. The van der Waals surface area contributed by atoms with Gasteiger partial charge in [-0.25, -0.2) is 9.78 Å². The standard InChI is InChI=1S/C14H16N2O2/c1-3-9(2)15-13-11(14(17)18)8-10-6-4-5-7-12(10)16-13/h4-9H,3H2,1-2H3,(H,15,16)(H,17,18). The molecule has 0 fully saturated rings. The predicted octanol–water partition coefficient (Wildman–Crippen LogP) is 3.14. The highest BCUT2D eigenvalue weighted by Gasteiger charge is 2.14. The second-order valence-corrected chi connectivity index (χ2v) is 4.34. The van der Waals surface area contributed by atoms with Gasteiger partial charge in [-0.1, -0.05) is 25.1 Å². The summed E-state index contributed by atoms with van der Waals surface area (Å²) in [6.45, 7) is 4.04. The number of nitrogens with one attached hydrogen (secondary N) is 1. The summed E-state index contributed by atoms with van der Waals surface area (Å²) in [4.78, 5) is 15.6. The molecule has 1 aromatic heterocycles. The molecule has 0 bridgehead atoms.